The van der Waals surface area contributed by atoms with E-state index in [1.54, 1.807) is 0 Å². The van der Waals surface area contributed by atoms with E-state index >= 15 is 0 Å². The Morgan fingerprint density at radius 2 is 2.11 bits per heavy atom. The van der Waals surface area contributed by atoms with E-state index in [1.807, 2.05) is 18.3 Å². The minimum atomic E-state index is -0.212. The molecule has 1 fully saturated rings. The van der Waals surface area contributed by atoms with E-state index in [2.05, 4.69) is 22.8 Å². The zero-order valence-corrected chi connectivity index (χ0v) is 15.1. The Hall–Kier alpha value is -2.57. The Morgan fingerprint density at radius 3 is 2.96 bits per heavy atom. The van der Waals surface area contributed by atoms with Crippen LogP contribution >= 0.6 is 0 Å². The normalized spacial score (nSPS) is 17.3. The Balaban J connectivity index is 1.30. The average molecular weight is 369 g/mol. The van der Waals surface area contributed by atoms with Crippen LogP contribution in [0.5, 0.6) is 5.75 Å². The van der Waals surface area contributed by atoms with E-state index in [9.17, 15) is 4.79 Å². The first kappa shape index (κ1) is 17.8. The molecule has 2 aromatic heterocycles. The van der Waals surface area contributed by atoms with Crippen molar-refractivity contribution in [3.05, 3.63) is 64.8 Å². The maximum atomic E-state index is 12.2. The summed E-state index contributed by atoms with van der Waals surface area (Å²) in [6.45, 7) is 1.97. The van der Waals surface area contributed by atoms with Crippen molar-refractivity contribution in [3.8, 4) is 5.75 Å². The number of hydrogen-bond donors (Lipinski definition) is 0. The van der Waals surface area contributed by atoms with Crippen LogP contribution < -0.4 is 10.2 Å². The summed E-state index contributed by atoms with van der Waals surface area (Å²) in [7, 11) is 0. The Bertz CT molecular complexity index is 939. The van der Waals surface area contributed by atoms with Crippen molar-refractivity contribution >= 4 is 10.9 Å². The highest BCUT2D eigenvalue weighted by atomic mass is 16.7. The fourth-order valence-corrected chi connectivity index (χ4v) is 3.23. The van der Waals surface area contributed by atoms with Gasteiger partial charge in [0.1, 0.15) is 25.2 Å². The van der Waals surface area contributed by atoms with Crippen molar-refractivity contribution < 1.29 is 18.6 Å². The first-order valence-electron chi connectivity index (χ1n) is 9.31. The number of benzene rings is 1. The third-order valence-corrected chi connectivity index (χ3v) is 4.67. The zero-order chi connectivity index (χ0) is 18.5. The molecule has 0 saturated carbocycles. The van der Waals surface area contributed by atoms with E-state index in [-0.39, 0.29) is 24.1 Å². The van der Waals surface area contributed by atoms with Crippen LogP contribution in [0.25, 0.3) is 10.9 Å². The summed E-state index contributed by atoms with van der Waals surface area (Å²) in [6, 6.07) is 11.6. The SMILES string of the molecule is O=c1cc(COC2CCCCO2)occ1OCCn1ccc2ccccc21. The molecule has 3 heterocycles. The van der Waals surface area contributed by atoms with Crippen LogP contribution in [0.15, 0.2) is 58.1 Å². The molecule has 6 heteroatoms. The number of aromatic nitrogens is 1. The van der Waals surface area contributed by atoms with Gasteiger partial charge in [-0.25, -0.2) is 0 Å². The standard InChI is InChI=1S/C21H23NO5/c23-19-13-17(14-27-21-7-3-4-11-25-21)26-15-20(19)24-12-10-22-9-8-16-5-1-2-6-18(16)22/h1-2,5-6,8-9,13,15,21H,3-4,7,10-12,14H2. The van der Waals surface area contributed by atoms with Gasteiger partial charge < -0.3 is 23.2 Å². The van der Waals surface area contributed by atoms with Gasteiger partial charge >= 0.3 is 0 Å². The lowest BCUT2D eigenvalue weighted by atomic mass is 10.2. The predicted molar refractivity (Wildman–Crippen MR) is 101 cm³/mol. The summed E-state index contributed by atoms with van der Waals surface area (Å²) in [5.41, 5.74) is 0.937. The van der Waals surface area contributed by atoms with Gasteiger partial charge in [0.15, 0.2) is 6.29 Å². The molecular formula is C21H23NO5. The molecular weight excluding hydrogens is 346 g/mol. The second-order valence-electron chi connectivity index (χ2n) is 6.60. The number of para-hydroxylation sites is 1. The Morgan fingerprint density at radius 1 is 1.19 bits per heavy atom. The number of nitrogens with zero attached hydrogens (tertiary/aromatic N) is 1. The quantitative estimate of drug-likeness (QED) is 0.635. The maximum absolute atomic E-state index is 12.2. The summed E-state index contributed by atoms with van der Waals surface area (Å²) in [5.74, 6) is 0.682. The third-order valence-electron chi connectivity index (χ3n) is 4.67. The second-order valence-corrected chi connectivity index (χ2v) is 6.60. The summed E-state index contributed by atoms with van der Waals surface area (Å²) in [6.07, 6.45) is 6.20. The molecule has 0 amide bonds. The number of ether oxygens (including phenoxy) is 3. The van der Waals surface area contributed by atoms with Gasteiger partial charge in [-0.05, 0) is 36.8 Å². The monoisotopic (exact) mass is 369 g/mol. The fourth-order valence-electron chi connectivity index (χ4n) is 3.23. The van der Waals surface area contributed by atoms with Crippen LogP contribution in [0, 0.1) is 0 Å². The minimum Gasteiger partial charge on any atom is -0.485 e. The molecule has 3 aromatic rings. The van der Waals surface area contributed by atoms with E-state index in [0.717, 1.165) is 31.4 Å². The molecule has 142 valence electrons. The summed E-state index contributed by atoms with van der Waals surface area (Å²) < 4.78 is 24.3. The minimum absolute atomic E-state index is 0.207. The number of hydrogen-bond acceptors (Lipinski definition) is 5. The van der Waals surface area contributed by atoms with Crippen LogP contribution in [0.2, 0.25) is 0 Å². The van der Waals surface area contributed by atoms with Crippen LogP contribution in [0.4, 0.5) is 0 Å². The highest BCUT2D eigenvalue weighted by molar-refractivity contribution is 5.79. The van der Waals surface area contributed by atoms with Crippen molar-refractivity contribution in [2.24, 2.45) is 0 Å². The van der Waals surface area contributed by atoms with E-state index in [1.165, 1.54) is 17.7 Å². The van der Waals surface area contributed by atoms with Crippen LogP contribution in [-0.2, 0) is 22.6 Å². The molecule has 1 aliphatic heterocycles. The molecule has 0 N–H and O–H groups in total. The van der Waals surface area contributed by atoms with Crippen molar-refractivity contribution in [2.75, 3.05) is 13.2 Å². The molecule has 1 aliphatic rings. The highest BCUT2D eigenvalue weighted by Gasteiger charge is 2.15. The smallest absolute Gasteiger partial charge is 0.227 e. The second kappa shape index (κ2) is 8.41. The summed E-state index contributed by atoms with van der Waals surface area (Å²) >= 11 is 0. The first-order valence-corrected chi connectivity index (χ1v) is 9.31. The summed E-state index contributed by atoms with van der Waals surface area (Å²) in [5, 5.41) is 1.18. The first-order chi connectivity index (χ1) is 13.3. The van der Waals surface area contributed by atoms with Gasteiger partial charge in [0.2, 0.25) is 11.2 Å². The molecule has 1 aromatic carbocycles. The molecule has 0 spiro atoms. The van der Waals surface area contributed by atoms with E-state index < -0.39 is 0 Å². The van der Waals surface area contributed by atoms with Gasteiger partial charge in [-0.15, -0.1) is 0 Å². The van der Waals surface area contributed by atoms with Crippen LogP contribution in [0.1, 0.15) is 25.0 Å². The van der Waals surface area contributed by atoms with E-state index in [4.69, 9.17) is 18.6 Å². The van der Waals surface area contributed by atoms with Gasteiger partial charge in [0.25, 0.3) is 0 Å². The lowest BCUT2D eigenvalue weighted by Crippen LogP contribution is -2.22. The van der Waals surface area contributed by atoms with Crippen molar-refractivity contribution in [1.29, 1.82) is 0 Å². The van der Waals surface area contributed by atoms with Crippen molar-refractivity contribution in [3.63, 3.8) is 0 Å². The molecule has 0 bridgehead atoms. The largest absolute Gasteiger partial charge is 0.485 e. The topological polar surface area (TPSA) is 62.8 Å². The Labute approximate surface area is 157 Å². The molecule has 4 rings (SSSR count). The predicted octanol–water partition coefficient (Wildman–Crippen LogP) is 3.72. The lowest BCUT2D eigenvalue weighted by molar-refractivity contribution is -0.171. The maximum Gasteiger partial charge on any atom is 0.227 e. The molecule has 0 radical (unpaired) electrons. The number of fused-ring (bicyclic) bond motifs is 1. The van der Waals surface area contributed by atoms with Crippen LogP contribution in [0.3, 0.4) is 0 Å². The van der Waals surface area contributed by atoms with Gasteiger partial charge in [-0.1, -0.05) is 18.2 Å². The van der Waals surface area contributed by atoms with Gasteiger partial charge in [0.05, 0.1) is 6.54 Å². The molecule has 1 saturated heterocycles. The molecule has 0 aliphatic carbocycles. The highest BCUT2D eigenvalue weighted by Crippen LogP contribution is 2.17. The van der Waals surface area contributed by atoms with E-state index in [0.29, 0.717) is 18.9 Å². The Kier molecular flexibility index (Phi) is 5.55. The van der Waals surface area contributed by atoms with Gasteiger partial charge in [-0.3, -0.25) is 4.79 Å². The molecule has 1 unspecified atom stereocenters. The summed E-state index contributed by atoms with van der Waals surface area (Å²) in [4.78, 5) is 12.2. The molecule has 1 atom stereocenters. The van der Waals surface area contributed by atoms with Gasteiger partial charge in [0, 0.05) is 24.4 Å². The van der Waals surface area contributed by atoms with Crippen LogP contribution in [-0.4, -0.2) is 24.1 Å². The van der Waals surface area contributed by atoms with Crippen molar-refractivity contribution in [2.45, 2.75) is 38.7 Å². The zero-order valence-electron chi connectivity index (χ0n) is 15.1. The molecule has 6 nitrogen and oxygen atoms in total. The fraction of sp³-hybridized carbons (Fsp3) is 0.381. The van der Waals surface area contributed by atoms with Gasteiger partial charge in [-0.2, -0.15) is 0 Å². The third kappa shape index (κ3) is 4.40. The van der Waals surface area contributed by atoms with Crippen molar-refractivity contribution in [1.82, 2.24) is 4.57 Å². The molecule has 27 heavy (non-hydrogen) atoms. The number of rotatable bonds is 7. The average Bonchev–Trinajstić information content (AvgIpc) is 3.12. The lowest BCUT2D eigenvalue weighted by Gasteiger charge is -2.22.